The van der Waals surface area contributed by atoms with E-state index < -0.39 is 5.82 Å². The van der Waals surface area contributed by atoms with E-state index >= 15 is 0 Å². The summed E-state index contributed by atoms with van der Waals surface area (Å²) >= 11 is 0. The first-order valence-corrected chi connectivity index (χ1v) is 8.49. The first kappa shape index (κ1) is 17.3. The van der Waals surface area contributed by atoms with Crippen molar-refractivity contribution in [2.75, 3.05) is 13.7 Å². The average Bonchev–Trinajstić information content (AvgIpc) is 3.16. The van der Waals surface area contributed by atoms with E-state index in [1.807, 2.05) is 18.0 Å². The van der Waals surface area contributed by atoms with Crippen molar-refractivity contribution in [3.05, 3.63) is 47.5 Å². The maximum Gasteiger partial charge on any atom is 0.318 e. The Balaban J connectivity index is 1.71. The number of carbonyl (C=O) groups excluding carboxylic acids is 1. The van der Waals surface area contributed by atoms with Gasteiger partial charge in [0.1, 0.15) is 0 Å². The van der Waals surface area contributed by atoms with Gasteiger partial charge in [-0.25, -0.2) is 9.18 Å². The zero-order chi connectivity index (χ0) is 17.8. The van der Waals surface area contributed by atoms with Crippen molar-refractivity contribution in [2.24, 2.45) is 0 Å². The molecule has 2 amide bonds. The lowest BCUT2D eigenvalue weighted by Crippen LogP contribution is -2.45. The number of rotatable bonds is 4. The molecule has 134 valence electrons. The predicted molar refractivity (Wildman–Crippen MR) is 91.8 cm³/mol. The zero-order valence-corrected chi connectivity index (χ0v) is 14.5. The number of amides is 2. The fourth-order valence-electron chi connectivity index (χ4n) is 3.26. The lowest BCUT2D eigenvalue weighted by atomic mass is 9.98. The van der Waals surface area contributed by atoms with Crippen molar-refractivity contribution < 1.29 is 13.9 Å². The molecular weight excluding hydrogens is 323 g/mol. The minimum Gasteiger partial charge on any atom is -0.494 e. The molecule has 7 heteroatoms. The molecule has 1 saturated heterocycles. The van der Waals surface area contributed by atoms with Gasteiger partial charge in [0.15, 0.2) is 11.6 Å². The van der Waals surface area contributed by atoms with Crippen LogP contribution in [0.15, 0.2) is 30.6 Å². The quantitative estimate of drug-likeness (QED) is 0.889. The lowest BCUT2D eigenvalue weighted by Gasteiger charge is -2.36. The Morgan fingerprint density at radius 3 is 3.04 bits per heavy atom. The predicted octanol–water partition coefficient (Wildman–Crippen LogP) is 3.56. The second-order valence-electron chi connectivity index (χ2n) is 6.30. The van der Waals surface area contributed by atoms with Gasteiger partial charge in [0.2, 0.25) is 0 Å². The van der Waals surface area contributed by atoms with Crippen molar-refractivity contribution >= 4 is 6.03 Å². The molecule has 3 rings (SSSR count). The number of likely N-dealkylation sites (tertiary alicyclic amines) is 1. The molecule has 0 radical (unpaired) electrons. The summed E-state index contributed by atoms with van der Waals surface area (Å²) in [7, 11) is 1.43. The Kier molecular flexibility index (Phi) is 5.21. The summed E-state index contributed by atoms with van der Waals surface area (Å²) in [6.07, 6.45) is 6.60. The zero-order valence-electron chi connectivity index (χ0n) is 14.5. The molecule has 1 aliphatic rings. The topological polar surface area (TPSA) is 70.2 Å². The summed E-state index contributed by atoms with van der Waals surface area (Å²) in [6.45, 7) is 2.59. The molecule has 2 aromatic rings. The monoisotopic (exact) mass is 346 g/mol. The number of piperidine rings is 1. The molecule has 1 aliphatic heterocycles. The maximum absolute atomic E-state index is 13.6. The molecule has 2 N–H and O–H groups in total. The Morgan fingerprint density at radius 2 is 2.32 bits per heavy atom. The molecule has 0 saturated carbocycles. The molecule has 6 nitrogen and oxygen atoms in total. The van der Waals surface area contributed by atoms with Gasteiger partial charge in [-0.15, -0.1) is 0 Å². The SMILES string of the molecule is COc1cc([C@@H](C)NC(=O)N2CCCC[C@@H]2c2cn[nH]c2)ccc1F. The van der Waals surface area contributed by atoms with Crippen molar-refractivity contribution in [1.29, 1.82) is 0 Å². The summed E-state index contributed by atoms with van der Waals surface area (Å²) < 4.78 is 18.6. The van der Waals surface area contributed by atoms with E-state index in [-0.39, 0.29) is 23.9 Å². The second kappa shape index (κ2) is 7.55. The highest BCUT2D eigenvalue weighted by molar-refractivity contribution is 5.75. The Bertz CT molecular complexity index is 720. The minimum atomic E-state index is -0.416. The number of H-pyrrole nitrogens is 1. The molecule has 1 aromatic carbocycles. The van der Waals surface area contributed by atoms with Gasteiger partial charge in [0.25, 0.3) is 0 Å². The van der Waals surface area contributed by atoms with Gasteiger partial charge in [0.05, 0.1) is 25.4 Å². The standard InChI is InChI=1S/C18H23FN4O2/c1-12(13-6-7-15(19)17(9-13)25-2)22-18(24)23-8-4-3-5-16(23)14-10-20-21-11-14/h6-7,9-12,16H,3-5,8H2,1-2H3,(H,20,21)(H,22,24)/t12-,16-/m1/s1. The fraction of sp³-hybridized carbons (Fsp3) is 0.444. The molecule has 0 spiro atoms. The number of halogens is 1. The van der Waals surface area contributed by atoms with Crippen molar-refractivity contribution in [3.8, 4) is 5.75 Å². The van der Waals surface area contributed by atoms with E-state index in [0.29, 0.717) is 6.54 Å². The number of benzene rings is 1. The molecule has 1 fully saturated rings. The summed E-state index contributed by atoms with van der Waals surface area (Å²) in [5.41, 5.74) is 1.81. The summed E-state index contributed by atoms with van der Waals surface area (Å²) in [5.74, 6) is -0.242. The lowest BCUT2D eigenvalue weighted by molar-refractivity contribution is 0.149. The normalized spacial score (nSPS) is 18.7. The fourth-order valence-corrected chi connectivity index (χ4v) is 3.26. The average molecular weight is 346 g/mol. The summed E-state index contributed by atoms with van der Waals surface area (Å²) in [4.78, 5) is 14.6. The third-order valence-corrected chi connectivity index (χ3v) is 4.68. The van der Waals surface area contributed by atoms with E-state index in [9.17, 15) is 9.18 Å². The van der Waals surface area contributed by atoms with Crippen LogP contribution in [0.1, 0.15) is 49.4 Å². The van der Waals surface area contributed by atoms with Crippen LogP contribution in [0.3, 0.4) is 0 Å². The Labute approximate surface area is 146 Å². The maximum atomic E-state index is 13.6. The van der Waals surface area contributed by atoms with E-state index in [1.54, 1.807) is 18.3 Å². The van der Waals surface area contributed by atoms with Crippen LogP contribution in [-0.4, -0.2) is 34.8 Å². The van der Waals surface area contributed by atoms with Crippen molar-refractivity contribution in [2.45, 2.75) is 38.3 Å². The smallest absolute Gasteiger partial charge is 0.318 e. The number of methoxy groups -OCH3 is 1. The van der Waals surface area contributed by atoms with Crippen LogP contribution >= 0.6 is 0 Å². The molecule has 0 unspecified atom stereocenters. The van der Waals surface area contributed by atoms with Crippen LogP contribution < -0.4 is 10.1 Å². The van der Waals surface area contributed by atoms with E-state index in [4.69, 9.17) is 4.74 Å². The van der Waals surface area contributed by atoms with E-state index in [2.05, 4.69) is 15.5 Å². The summed E-state index contributed by atoms with van der Waals surface area (Å²) in [5, 5.41) is 9.81. The summed E-state index contributed by atoms with van der Waals surface area (Å²) in [6, 6.07) is 4.28. The minimum absolute atomic E-state index is 0.0300. The van der Waals surface area contributed by atoms with Gasteiger partial charge in [-0.2, -0.15) is 5.10 Å². The second-order valence-corrected chi connectivity index (χ2v) is 6.30. The van der Waals surface area contributed by atoms with E-state index in [1.165, 1.54) is 13.2 Å². The van der Waals surface area contributed by atoms with Gasteiger partial charge in [-0.05, 0) is 43.9 Å². The number of nitrogens with zero attached hydrogens (tertiary/aromatic N) is 2. The van der Waals surface area contributed by atoms with E-state index in [0.717, 1.165) is 30.4 Å². The molecular formula is C18H23FN4O2. The molecule has 0 bridgehead atoms. The van der Waals surface area contributed by atoms with Gasteiger partial charge >= 0.3 is 6.03 Å². The first-order valence-electron chi connectivity index (χ1n) is 8.49. The number of urea groups is 1. The van der Waals surface area contributed by atoms with Crippen LogP contribution in [0.25, 0.3) is 0 Å². The van der Waals surface area contributed by atoms with Crippen molar-refractivity contribution in [3.63, 3.8) is 0 Å². The number of aromatic amines is 1. The number of hydrogen-bond donors (Lipinski definition) is 2. The number of nitrogens with one attached hydrogen (secondary N) is 2. The number of aromatic nitrogens is 2. The third-order valence-electron chi connectivity index (χ3n) is 4.68. The van der Waals surface area contributed by atoms with Gasteiger partial charge < -0.3 is 15.0 Å². The van der Waals surface area contributed by atoms with Crippen LogP contribution in [0, 0.1) is 5.82 Å². The van der Waals surface area contributed by atoms with Gasteiger partial charge in [-0.3, -0.25) is 5.10 Å². The van der Waals surface area contributed by atoms with Crippen LogP contribution in [0.4, 0.5) is 9.18 Å². The third kappa shape index (κ3) is 3.75. The van der Waals surface area contributed by atoms with Crippen LogP contribution in [0.5, 0.6) is 5.75 Å². The number of hydrogen-bond acceptors (Lipinski definition) is 3. The number of ether oxygens (including phenoxy) is 1. The van der Waals surface area contributed by atoms with Crippen LogP contribution in [0.2, 0.25) is 0 Å². The molecule has 2 atom stereocenters. The molecule has 1 aromatic heterocycles. The Hall–Kier alpha value is -2.57. The Morgan fingerprint density at radius 1 is 1.48 bits per heavy atom. The highest BCUT2D eigenvalue weighted by Crippen LogP contribution is 2.31. The molecule has 25 heavy (non-hydrogen) atoms. The molecule has 2 heterocycles. The van der Waals surface area contributed by atoms with Gasteiger partial charge in [-0.1, -0.05) is 6.07 Å². The first-order chi connectivity index (χ1) is 12.1. The molecule has 0 aliphatic carbocycles. The number of carbonyl (C=O) groups is 1. The van der Waals surface area contributed by atoms with Gasteiger partial charge in [0, 0.05) is 18.3 Å². The van der Waals surface area contributed by atoms with Crippen molar-refractivity contribution in [1.82, 2.24) is 20.4 Å². The van der Waals surface area contributed by atoms with Crippen LogP contribution in [-0.2, 0) is 0 Å². The largest absolute Gasteiger partial charge is 0.494 e. The highest BCUT2D eigenvalue weighted by Gasteiger charge is 2.29. The highest BCUT2D eigenvalue weighted by atomic mass is 19.1.